The van der Waals surface area contributed by atoms with Gasteiger partial charge in [0.25, 0.3) is 0 Å². The molecule has 0 atom stereocenters. The third-order valence-electron chi connectivity index (χ3n) is 6.35. The first-order valence-electron chi connectivity index (χ1n) is 8.91. The average Bonchev–Trinajstić information content (AvgIpc) is 2.48. The van der Waals surface area contributed by atoms with Crippen molar-refractivity contribution in [3.8, 4) is 0 Å². The Balaban J connectivity index is 1.99. The SMILES string of the molecule is CCC(C)(C)C1CCC(NC2CCCCC2)(C(=O)O)CC1. The Morgan fingerprint density at radius 1 is 1.14 bits per heavy atom. The van der Waals surface area contributed by atoms with E-state index in [1.54, 1.807) is 0 Å². The van der Waals surface area contributed by atoms with Gasteiger partial charge in [0.2, 0.25) is 0 Å². The fraction of sp³-hybridized carbons (Fsp3) is 0.944. The molecule has 3 nitrogen and oxygen atoms in total. The van der Waals surface area contributed by atoms with Gasteiger partial charge in [-0.15, -0.1) is 0 Å². The van der Waals surface area contributed by atoms with Crippen molar-refractivity contribution < 1.29 is 9.90 Å². The summed E-state index contributed by atoms with van der Waals surface area (Å²) in [6.45, 7) is 6.92. The molecule has 3 heteroatoms. The van der Waals surface area contributed by atoms with E-state index in [2.05, 4.69) is 26.1 Å². The minimum atomic E-state index is -0.650. The molecule has 2 fully saturated rings. The van der Waals surface area contributed by atoms with Gasteiger partial charge in [0, 0.05) is 6.04 Å². The van der Waals surface area contributed by atoms with Gasteiger partial charge in [-0.25, -0.2) is 0 Å². The molecule has 0 aromatic heterocycles. The van der Waals surface area contributed by atoms with Crippen LogP contribution in [0.2, 0.25) is 0 Å². The van der Waals surface area contributed by atoms with Gasteiger partial charge < -0.3 is 5.11 Å². The molecule has 0 aromatic carbocycles. The number of carbonyl (C=O) groups is 1. The summed E-state index contributed by atoms with van der Waals surface area (Å²) < 4.78 is 0. The van der Waals surface area contributed by atoms with Crippen LogP contribution in [0.15, 0.2) is 0 Å². The Labute approximate surface area is 129 Å². The molecule has 2 aliphatic carbocycles. The Kier molecular flexibility index (Phi) is 5.34. The van der Waals surface area contributed by atoms with Crippen molar-refractivity contribution in [2.75, 3.05) is 0 Å². The second kappa shape index (κ2) is 6.68. The number of carboxylic acid groups (broad SMARTS) is 1. The molecule has 2 saturated carbocycles. The molecule has 122 valence electrons. The Morgan fingerprint density at radius 3 is 2.19 bits per heavy atom. The maximum atomic E-state index is 11.9. The Hall–Kier alpha value is -0.570. The van der Waals surface area contributed by atoms with E-state index in [0.717, 1.165) is 38.5 Å². The summed E-state index contributed by atoms with van der Waals surface area (Å²) in [4.78, 5) is 11.9. The van der Waals surface area contributed by atoms with Crippen LogP contribution in [-0.4, -0.2) is 22.7 Å². The van der Waals surface area contributed by atoms with Crippen molar-refractivity contribution in [2.45, 2.75) is 96.6 Å². The smallest absolute Gasteiger partial charge is 0.323 e. The minimum Gasteiger partial charge on any atom is -0.480 e. The number of hydrogen-bond acceptors (Lipinski definition) is 2. The largest absolute Gasteiger partial charge is 0.480 e. The van der Waals surface area contributed by atoms with Crippen LogP contribution in [0.25, 0.3) is 0 Å². The van der Waals surface area contributed by atoms with Crippen molar-refractivity contribution in [2.24, 2.45) is 11.3 Å². The quantitative estimate of drug-likeness (QED) is 0.792. The van der Waals surface area contributed by atoms with Crippen molar-refractivity contribution in [3.05, 3.63) is 0 Å². The van der Waals surface area contributed by atoms with E-state index in [-0.39, 0.29) is 0 Å². The zero-order valence-corrected chi connectivity index (χ0v) is 14.1. The fourth-order valence-corrected chi connectivity index (χ4v) is 4.24. The highest BCUT2D eigenvalue weighted by Crippen LogP contribution is 2.44. The van der Waals surface area contributed by atoms with Crippen LogP contribution in [-0.2, 0) is 4.79 Å². The summed E-state index contributed by atoms with van der Waals surface area (Å²) in [5.74, 6) is 0.0453. The van der Waals surface area contributed by atoms with E-state index >= 15 is 0 Å². The molecule has 0 saturated heterocycles. The van der Waals surface area contributed by atoms with Gasteiger partial charge in [0.05, 0.1) is 0 Å². The Bertz CT molecular complexity index is 350. The lowest BCUT2D eigenvalue weighted by Gasteiger charge is -2.45. The van der Waals surface area contributed by atoms with E-state index in [9.17, 15) is 9.90 Å². The molecule has 0 amide bonds. The molecule has 2 rings (SSSR count). The van der Waals surface area contributed by atoms with Crippen molar-refractivity contribution >= 4 is 5.97 Å². The maximum absolute atomic E-state index is 11.9. The summed E-state index contributed by atoms with van der Waals surface area (Å²) in [5.41, 5.74) is -0.308. The molecule has 21 heavy (non-hydrogen) atoms. The molecule has 2 aliphatic rings. The van der Waals surface area contributed by atoms with Gasteiger partial charge in [-0.05, 0) is 49.9 Å². The first-order valence-corrected chi connectivity index (χ1v) is 8.91. The van der Waals surface area contributed by atoms with Crippen LogP contribution in [0, 0.1) is 11.3 Å². The predicted octanol–water partition coefficient (Wildman–Crippen LogP) is 4.36. The normalized spacial score (nSPS) is 32.0. The number of carboxylic acids is 1. The van der Waals surface area contributed by atoms with Crippen LogP contribution < -0.4 is 5.32 Å². The van der Waals surface area contributed by atoms with Crippen LogP contribution in [0.1, 0.15) is 85.0 Å². The molecular formula is C18H33NO2. The van der Waals surface area contributed by atoms with Crippen LogP contribution in [0.5, 0.6) is 0 Å². The van der Waals surface area contributed by atoms with Crippen molar-refractivity contribution in [1.82, 2.24) is 5.32 Å². The second-order valence-corrected chi connectivity index (χ2v) is 7.98. The molecule has 0 radical (unpaired) electrons. The molecule has 2 N–H and O–H groups in total. The van der Waals surface area contributed by atoms with Gasteiger partial charge in [-0.1, -0.05) is 46.5 Å². The zero-order valence-electron chi connectivity index (χ0n) is 14.1. The lowest BCUT2D eigenvalue weighted by atomic mass is 9.65. The summed E-state index contributed by atoms with van der Waals surface area (Å²) in [6, 6.07) is 0.422. The highest BCUT2D eigenvalue weighted by atomic mass is 16.4. The van der Waals surface area contributed by atoms with Crippen LogP contribution in [0.4, 0.5) is 0 Å². The topological polar surface area (TPSA) is 49.3 Å². The van der Waals surface area contributed by atoms with Gasteiger partial charge in [0.1, 0.15) is 5.54 Å². The lowest BCUT2D eigenvalue weighted by molar-refractivity contribution is -0.148. The third-order valence-corrected chi connectivity index (χ3v) is 6.35. The molecule has 0 unspecified atom stereocenters. The molecule has 0 heterocycles. The standard InChI is InChI=1S/C18H33NO2/c1-4-17(2,3)14-10-12-18(13-11-14,16(20)21)19-15-8-6-5-7-9-15/h14-15,19H,4-13H2,1-3H3,(H,20,21). The average molecular weight is 295 g/mol. The van der Waals surface area contributed by atoms with Gasteiger partial charge in [0.15, 0.2) is 0 Å². The van der Waals surface area contributed by atoms with E-state index < -0.39 is 11.5 Å². The van der Waals surface area contributed by atoms with Crippen molar-refractivity contribution in [3.63, 3.8) is 0 Å². The van der Waals surface area contributed by atoms with Crippen LogP contribution >= 0.6 is 0 Å². The number of rotatable bonds is 5. The predicted molar refractivity (Wildman–Crippen MR) is 86.4 cm³/mol. The lowest BCUT2D eigenvalue weighted by Crippen LogP contribution is -2.58. The minimum absolute atomic E-state index is 0.343. The highest BCUT2D eigenvalue weighted by Gasteiger charge is 2.45. The van der Waals surface area contributed by atoms with Crippen molar-refractivity contribution in [1.29, 1.82) is 0 Å². The van der Waals surface area contributed by atoms with Gasteiger partial charge in [-0.2, -0.15) is 0 Å². The first kappa shape index (κ1) is 16.8. The van der Waals surface area contributed by atoms with E-state index in [0.29, 0.717) is 17.4 Å². The summed E-state index contributed by atoms with van der Waals surface area (Å²) in [7, 11) is 0. The Morgan fingerprint density at radius 2 is 1.71 bits per heavy atom. The van der Waals surface area contributed by atoms with Gasteiger partial charge in [-0.3, -0.25) is 10.1 Å². The summed E-state index contributed by atoms with van der Waals surface area (Å²) in [5, 5.41) is 13.4. The summed E-state index contributed by atoms with van der Waals surface area (Å²) >= 11 is 0. The van der Waals surface area contributed by atoms with E-state index in [1.165, 1.54) is 25.7 Å². The molecule has 0 aromatic rings. The molecule has 0 aliphatic heterocycles. The fourth-order valence-electron chi connectivity index (χ4n) is 4.24. The third kappa shape index (κ3) is 3.80. The van der Waals surface area contributed by atoms with E-state index in [4.69, 9.17) is 0 Å². The number of nitrogens with one attached hydrogen (secondary N) is 1. The highest BCUT2D eigenvalue weighted by molar-refractivity contribution is 5.79. The number of hydrogen-bond donors (Lipinski definition) is 2. The molecular weight excluding hydrogens is 262 g/mol. The zero-order chi connectivity index (χ0) is 15.5. The van der Waals surface area contributed by atoms with Gasteiger partial charge >= 0.3 is 5.97 Å². The second-order valence-electron chi connectivity index (χ2n) is 7.98. The summed E-state index contributed by atoms with van der Waals surface area (Å²) in [6.07, 6.45) is 11.0. The first-order chi connectivity index (χ1) is 9.89. The monoisotopic (exact) mass is 295 g/mol. The maximum Gasteiger partial charge on any atom is 0.323 e. The number of aliphatic carboxylic acids is 1. The van der Waals surface area contributed by atoms with E-state index in [1.807, 2.05) is 0 Å². The molecule has 0 bridgehead atoms. The molecule has 0 spiro atoms. The van der Waals surface area contributed by atoms with Crippen LogP contribution in [0.3, 0.4) is 0 Å².